The van der Waals surface area contributed by atoms with Gasteiger partial charge in [0, 0.05) is 31.2 Å². The van der Waals surface area contributed by atoms with Gasteiger partial charge in [-0.1, -0.05) is 25.3 Å². The third-order valence-electron chi connectivity index (χ3n) is 6.65. The van der Waals surface area contributed by atoms with Crippen molar-refractivity contribution in [3.05, 3.63) is 30.1 Å². The molecule has 0 unspecified atom stereocenters. The standard InChI is InChI=1S/C21H28FN3O2/c1-23-13-19(26)25(18-9-5-8-17(22)12-18)15-21(23)10-11-24(14-21)20(27)16-6-3-2-4-7-16/h5,8-9,12,16H,2-4,6-7,10-11,13-15H2,1H3/t21-/m1/s1. The van der Waals surface area contributed by atoms with Gasteiger partial charge in [0.15, 0.2) is 0 Å². The first-order chi connectivity index (χ1) is 13.0. The fourth-order valence-corrected chi connectivity index (χ4v) is 4.93. The smallest absolute Gasteiger partial charge is 0.241 e. The molecule has 0 radical (unpaired) electrons. The van der Waals surface area contributed by atoms with Crippen molar-refractivity contribution in [1.82, 2.24) is 9.80 Å². The Labute approximate surface area is 160 Å². The molecule has 27 heavy (non-hydrogen) atoms. The fraction of sp³-hybridized carbons (Fsp3) is 0.619. The molecule has 1 spiro atoms. The van der Waals surface area contributed by atoms with Crippen LogP contribution >= 0.6 is 0 Å². The quantitative estimate of drug-likeness (QED) is 0.801. The number of nitrogens with zero attached hydrogens (tertiary/aromatic N) is 3. The highest BCUT2D eigenvalue weighted by atomic mass is 19.1. The Morgan fingerprint density at radius 3 is 2.70 bits per heavy atom. The number of hydrogen-bond donors (Lipinski definition) is 0. The Balaban J connectivity index is 1.51. The van der Waals surface area contributed by atoms with Gasteiger partial charge in [-0.3, -0.25) is 14.5 Å². The summed E-state index contributed by atoms with van der Waals surface area (Å²) in [6.07, 6.45) is 6.40. The van der Waals surface area contributed by atoms with Crippen molar-refractivity contribution in [2.24, 2.45) is 5.92 Å². The Hall–Kier alpha value is -1.95. The van der Waals surface area contributed by atoms with Crippen molar-refractivity contribution < 1.29 is 14.0 Å². The first-order valence-corrected chi connectivity index (χ1v) is 10.0. The maximum absolute atomic E-state index is 13.7. The van der Waals surface area contributed by atoms with Gasteiger partial charge in [0.25, 0.3) is 0 Å². The van der Waals surface area contributed by atoms with Gasteiger partial charge in [-0.25, -0.2) is 4.39 Å². The van der Waals surface area contributed by atoms with Crippen molar-refractivity contribution in [1.29, 1.82) is 0 Å². The van der Waals surface area contributed by atoms with Gasteiger partial charge in [-0.2, -0.15) is 0 Å². The largest absolute Gasteiger partial charge is 0.340 e. The molecule has 2 saturated heterocycles. The topological polar surface area (TPSA) is 43.9 Å². The molecule has 146 valence electrons. The second kappa shape index (κ2) is 7.23. The van der Waals surface area contributed by atoms with Crippen LogP contribution in [0, 0.1) is 11.7 Å². The zero-order valence-corrected chi connectivity index (χ0v) is 16.0. The van der Waals surface area contributed by atoms with Crippen molar-refractivity contribution in [2.45, 2.75) is 44.1 Å². The van der Waals surface area contributed by atoms with E-state index in [4.69, 9.17) is 0 Å². The maximum atomic E-state index is 13.7. The molecule has 2 amide bonds. The summed E-state index contributed by atoms with van der Waals surface area (Å²) in [5.41, 5.74) is 0.356. The second-order valence-electron chi connectivity index (χ2n) is 8.38. The number of carbonyl (C=O) groups is 2. The number of likely N-dealkylation sites (tertiary alicyclic amines) is 1. The van der Waals surface area contributed by atoms with E-state index in [1.165, 1.54) is 18.6 Å². The van der Waals surface area contributed by atoms with E-state index in [9.17, 15) is 14.0 Å². The minimum Gasteiger partial charge on any atom is -0.340 e. The maximum Gasteiger partial charge on any atom is 0.241 e. The molecule has 2 aliphatic heterocycles. The molecule has 0 aromatic heterocycles. The predicted molar refractivity (Wildman–Crippen MR) is 102 cm³/mol. The normalized spacial score (nSPS) is 27.6. The van der Waals surface area contributed by atoms with E-state index in [1.54, 1.807) is 17.0 Å². The minimum atomic E-state index is -0.339. The Kier molecular flexibility index (Phi) is 4.93. The number of likely N-dealkylation sites (N-methyl/N-ethyl adjacent to an activating group) is 1. The van der Waals surface area contributed by atoms with Gasteiger partial charge in [-0.15, -0.1) is 0 Å². The van der Waals surface area contributed by atoms with Crippen LogP contribution in [-0.2, 0) is 9.59 Å². The highest BCUT2D eigenvalue weighted by molar-refractivity contribution is 5.96. The SMILES string of the molecule is CN1CC(=O)N(c2cccc(F)c2)C[C@]12CCN(C(=O)C1CCCCC1)C2. The van der Waals surface area contributed by atoms with Crippen molar-refractivity contribution in [2.75, 3.05) is 38.1 Å². The number of anilines is 1. The molecule has 1 aromatic carbocycles. The van der Waals surface area contributed by atoms with Crippen molar-refractivity contribution >= 4 is 17.5 Å². The number of rotatable bonds is 2. The van der Waals surface area contributed by atoms with Crippen LogP contribution in [0.15, 0.2) is 24.3 Å². The highest BCUT2D eigenvalue weighted by Gasteiger charge is 2.49. The summed E-state index contributed by atoms with van der Waals surface area (Å²) in [5, 5.41) is 0. The number of amides is 2. The zero-order chi connectivity index (χ0) is 19.0. The molecule has 5 nitrogen and oxygen atoms in total. The number of benzene rings is 1. The zero-order valence-electron chi connectivity index (χ0n) is 16.0. The average molecular weight is 373 g/mol. The molecular weight excluding hydrogens is 345 g/mol. The van der Waals surface area contributed by atoms with E-state index < -0.39 is 0 Å². The molecule has 1 atom stereocenters. The lowest BCUT2D eigenvalue weighted by Crippen LogP contribution is -2.64. The molecule has 2 heterocycles. The number of carbonyl (C=O) groups excluding carboxylic acids is 2. The second-order valence-corrected chi connectivity index (χ2v) is 8.38. The molecule has 1 aliphatic carbocycles. The van der Waals surface area contributed by atoms with Crippen LogP contribution in [-0.4, -0.2) is 60.4 Å². The van der Waals surface area contributed by atoms with Crippen molar-refractivity contribution in [3.8, 4) is 0 Å². The summed E-state index contributed by atoms with van der Waals surface area (Å²) >= 11 is 0. The first-order valence-electron chi connectivity index (χ1n) is 10.0. The number of hydrogen-bond acceptors (Lipinski definition) is 3. The molecule has 1 aromatic rings. The van der Waals surface area contributed by atoms with Crippen LogP contribution in [0.2, 0.25) is 0 Å². The first kappa shape index (κ1) is 18.4. The Morgan fingerprint density at radius 2 is 1.96 bits per heavy atom. The molecule has 4 rings (SSSR count). The molecule has 1 saturated carbocycles. The van der Waals surface area contributed by atoms with Crippen LogP contribution in [0.5, 0.6) is 0 Å². The fourth-order valence-electron chi connectivity index (χ4n) is 4.93. The van der Waals surface area contributed by atoms with Crippen LogP contribution in [0.1, 0.15) is 38.5 Å². The minimum absolute atomic E-state index is 0.0224. The molecule has 6 heteroatoms. The summed E-state index contributed by atoms with van der Waals surface area (Å²) in [4.78, 5) is 31.4. The van der Waals surface area contributed by atoms with Crippen LogP contribution in [0.25, 0.3) is 0 Å². The van der Waals surface area contributed by atoms with E-state index in [2.05, 4.69) is 4.90 Å². The predicted octanol–water partition coefficient (Wildman–Crippen LogP) is 2.66. The van der Waals surface area contributed by atoms with E-state index >= 15 is 0 Å². The van der Waals surface area contributed by atoms with Gasteiger partial charge in [-0.05, 0) is 44.5 Å². The molecule has 0 N–H and O–H groups in total. The number of piperazine rings is 1. The Bertz CT molecular complexity index is 734. The van der Waals surface area contributed by atoms with E-state index in [0.717, 1.165) is 38.6 Å². The summed E-state index contributed by atoms with van der Waals surface area (Å²) in [5.74, 6) is 0.0949. The number of halogens is 1. The van der Waals surface area contributed by atoms with Gasteiger partial charge < -0.3 is 9.80 Å². The van der Waals surface area contributed by atoms with Gasteiger partial charge >= 0.3 is 0 Å². The van der Waals surface area contributed by atoms with Gasteiger partial charge in [0.2, 0.25) is 11.8 Å². The third-order valence-corrected chi connectivity index (χ3v) is 6.65. The third kappa shape index (κ3) is 3.47. The van der Waals surface area contributed by atoms with Gasteiger partial charge in [0.1, 0.15) is 5.82 Å². The van der Waals surface area contributed by atoms with Crippen LogP contribution in [0.4, 0.5) is 10.1 Å². The lowest BCUT2D eigenvalue weighted by atomic mass is 9.88. The Morgan fingerprint density at radius 1 is 1.19 bits per heavy atom. The summed E-state index contributed by atoms with van der Waals surface area (Å²) < 4.78 is 13.7. The summed E-state index contributed by atoms with van der Waals surface area (Å²) in [7, 11) is 1.97. The van der Waals surface area contributed by atoms with Crippen LogP contribution < -0.4 is 4.90 Å². The molecule has 0 bridgehead atoms. The van der Waals surface area contributed by atoms with E-state index in [-0.39, 0.29) is 29.1 Å². The molecular formula is C21H28FN3O2. The van der Waals surface area contributed by atoms with Crippen molar-refractivity contribution in [3.63, 3.8) is 0 Å². The summed E-state index contributed by atoms with van der Waals surface area (Å²) in [6.45, 7) is 2.19. The van der Waals surface area contributed by atoms with Crippen LogP contribution in [0.3, 0.4) is 0 Å². The summed E-state index contributed by atoms with van der Waals surface area (Å²) in [6, 6.07) is 6.22. The lowest BCUT2D eigenvalue weighted by molar-refractivity contribution is -0.136. The highest BCUT2D eigenvalue weighted by Crippen LogP contribution is 2.35. The lowest BCUT2D eigenvalue weighted by Gasteiger charge is -2.46. The molecule has 3 fully saturated rings. The van der Waals surface area contributed by atoms with E-state index in [1.807, 2.05) is 11.9 Å². The average Bonchev–Trinajstić information content (AvgIpc) is 3.10. The van der Waals surface area contributed by atoms with E-state index in [0.29, 0.717) is 25.3 Å². The monoisotopic (exact) mass is 373 g/mol. The van der Waals surface area contributed by atoms with Gasteiger partial charge in [0.05, 0.1) is 12.1 Å². The molecule has 3 aliphatic rings.